The Morgan fingerprint density at radius 2 is 2.37 bits per heavy atom. The van der Waals surface area contributed by atoms with Gasteiger partial charge in [-0.2, -0.15) is 0 Å². The number of pyridine rings is 1. The summed E-state index contributed by atoms with van der Waals surface area (Å²) in [5.74, 6) is -0.0894. The van der Waals surface area contributed by atoms with Crippen molar-refractivity contribution in [2.24, 2.45) is 0 Å². The summed E-state index contributed by atoms with van der Waals surface area (Å²) >= 11 is 1.47. The number of nitrogens with one attached hydrogen (secondary N) is 1. The maximum Gasteiger partial charge on any atom is 0.254 e. The molecule has 0 saturated carbocycles. The number of carbonyl (C=O) groups is 1. The number of carbonyl (C=O) groups excluding carboxylic acids is 1. The van der Waals surface area contributed by atoms with E-state index in [0.717, 1.165) is 17.0 Å². The molecule has 0 aliphatic rings. The number of thioether (sulfide) groups is 1. The smallest absolute Gasteiger partial charge is 0.254 e. The summed E-state index contributed by atoms with van der Waals surface area (Å²) in [4.78, 5) is 16.4. The van der Waals surface area contributed by atoms with Crippen molar-refractivity contribution in [2.75, 3.05) is 6.26 Å². The maximum atomic E-state index is 12.2. The molecular formula is C14H16N2O2S. The molecule has 0 aliphatic carbocycles. The van der Waals surface area contributed by atoms with Crippen molar-refractivity contribution in [3.63, 3.8) is 0 Å². The van der Waals surface area contributed by atoms with Crippen LogP contribution < -0.4 is 5.32 Å². The van der Waals surface area contributed by atoms with Crippen LogP contribution in [0.5, 0.6) is 0 Å². The second-order valence-electron chi connectivity index (χ2n) is 4.27. The van der Waals surface area contributed by atoms with Gasteiger partial charge in [0.15, 0.2) is 0 Å². The predicted octanol–water partition coefficient (Wildman–Crippen LogP) is 2.76. The molecular weight excluding hydrogens is 260 g/mol. The lowest BCUT2D eigenvalue weighted by Crippen LogP contribution is -2.34. The van der Waals surface area contributed by atoms with Gasteiger partial charge in [0.05, 0.1) is 18.1 Å². The second kappa shape index (κ2) is 6.43. The van der Waals surface area contributed by atoms with E-state index in [4.69, 9.17) is 4.42 Å². The average molecular weight is 276 g/mol. The number of furan rings is 1. The molecule has 0 fully saturated rings. The number of amides is 1. The average Bonchev–Trinajstić information content (AvgIpc) is 2.91. The highest BCUT2D eigenvalue weighted by atomic mass is 32.2. The van der Waals surface area contributed by atoms with Gasteiger partial charge < -0.3 is 9.73 Å². The zero-order valence-electron chi connectivity index (χ0n) is 10.9. The number of nitrogens with zero attached hydrogens (tertiary/aromatic N) is 1. The first kappa shape index (κ1) is 13.7. The standard InChI is InChI=1S/C14H16N2O2S/c1-10(8-11-5-7-18-9-11)16-13(17)12-4-3-6-15-14(12)19-2/h3-7,9-10H,8H2,1-2H3,(H,16,17). The number of hydrogen-bond donors (Lipinski definition) is 1. The Bertz CT molecular complexity index is 540. The van der Waals surface area contributed by atoms with E-state index in [1.165, 1.54) is 11.8 Å². The molecule has 2 heterocycles. The fourth-order valence-corrected chi connectivity index (χ4v) is 2.39. The minimum absolute atomic E-state index is 0.0417. The second-order valence-corrected chi connectivity index (χ2v) is 5.07. The summed E-state index contributed by atoms with van der Waals surface area (Å²) in [5.41, 5.74) is 1.69. The van der Waals surface area contributed by atoms with Crippen molar-refractivity contribution in [1.82, 2.24) is 10.3 Å². The molecule has 2 aromatic rings. The largest absolute Gasteiger partial charge is 0.472 e. The quantitative estimate of drug-likeness (QED) is 0.853. The summed E-state index contributed by atoms with van der Waals surface area (Å²) < 4.78 is 5.02. The van der Waals surface area contributed by atoms with E-state index in [1.54, 1.807) is 30.9 Å². The minimum Gasteiger partial charge on any atom is -0.472 e. The Morgan fingerprint density at radius 3 is 3.05 bits per heavy atom. The monoisotopic (exact) mass is 276 g/mol. The Labute approximate surface area is 116 Å². The summed E-state index contributed by atoms with van der Waals surface area (Å²) in [6.07, 6.45) is 7.68. The molecule has 0 aliphatic heterocycles. The lowest BCUT2D eigenvalue weighted by Gasteiger charge is -2.14. The van der Waals surface area contributed by atoms with E-state index in [-0.39, 0.29) is 11.9 Å². The SMILES string of the molecule is CSc1ncccc1C(=O)NC(C)Cc1ccoc1. The van der Waals surface area contributed by atoms with E-state index in [9.17, 15) is 4.79 Å². The molecule has 19 heavy (non-hydrogen) atoms. The zero-order chi connectivity index (χ0) is 13.7. The van der Waals surface area contributed by atoms with Gasteiger partial charge in [-0.05, 0) is 43.4 Å². The summed E-state index contributed by atoms with van der Waals surface area (Å²) in [5, 5.41) is 3.72. The first-order valence-electron chi connectivity index (χ1n) is 6.01. The van der Waals surface area contributed by atoms with Crippen LogP contribution in [0.25, 0.3) is 0 Å². The van der Waals surface area contributed by atoms with Crippen LogP contribution in [0.1, 0.15) is 22.8 Å². The zero-order valence-corrected chi connectivity index (χ0v) is 11.7. The Hall–Kier alpha value is -1.75. The minimum atomic E-state index is -0.0894. The van der Waals surface area contributed by atoms with Gasteiger partial charge in [-0.1, -0.05) is 0 Å². The first-order valence-corrected chi connectivity index (χ1v) is 7.24. The third-order valence-electron chi connectivity index (χ3n) is 2.71. The molecule has 2 aromatic heterocycles. The van der Waals surface area contributed by atoms with Crippen molar-refractivity contribution in [3.8, 4) is 0 Å². The molecule has 1 amide bonds. The van der Waals surface area contributed by atoms with Gasteiger partial charge >= 0.3 is 0 Å². The van der Waals surface area contributed by atoms with Gasteiger partial charge in [0.1, 0.15) is 5.03 Å². The van der Waals surface area contributed by atoms with Gasteiger partial charge in [0, 0.05) is 12.2 Å². The van der Waals surface area contributed by atoms with Crippen LogP contribution in [0, 0.1) is 0 Å². The summed E-state index contributed by atoms with van der Waals surface area (Å²) in [6, 6.07) is 5.51. The van der Waals surface area contributed by atoms with Crippen LogP contribution >= 0.6 is 11.8 Å². The van der Waals surface area contributed by atoms with Gasteiger partial charge in [-0.3, -0.25) is 4.79 Å². The predicted molar refractivity (Wildman–Crippen MR) is 75.4 cm³/mol. The molecule has 0 saturated heterocycles. The van der Waals surface area contributed by atoms with Crippen LogP contribution in [-0.2, 0) is 6.42 Å². The third-order valence-corrected chi connectivity index (χ3v) is 3.42. The molecule has 0 spiro atoms. The molecule has 0 bridgehead atoms. The lowest BCUT2D eigenvalue weighted by atomic mass is 10.1. The highest BCUT2D eigenvalue weighted by molar-refractivity contribution is 7.98. The van der Waals surface area contributed by atoms with Crippen molar-refractivity contribution in [2.45, 2.75) is 24.4 Å². The highest BCUT2D eigenvalue weighted by Crippen LogP contribution is 2.16. The van der Waals surface area contributed by atoms with Crippen LogP contribution in [-0.4, -0.2) is 23.2 Å². The molecule has 2 rings (SSSR count). The first-order chi connectivity index (χ1) is 9.20. The third kappa shape index (κ3) is 3.61. The van der Waals surface area contributed by atoms with Gasteiger partial charge in [-0.15, -0.1) is 11.8 Å². The molecule has 0 radical (unpaired) electrons. The lowest BCUT2D eigenvalue weighted by molar-refractivity contribution is 0.0936. The fourth-order valence-electron chi connectivity index (χ4n) is 1.84. The molecule has 1 N–H and O–H groups in total. The number of aromatic nitrogens is 1. The van der Waals surface area contributed by atoms with Crippen molar-refractivity contribution >= 4 is 17.7 Å². The van der Waals surface area contributed by atoms with Crippen LogP contribution in [0.15, 0.2) is 46.4 Å². The molecule has 5 heteroatoms. The molecule has 100 valence electrons. The van der Waals surface area contributed by atoms with Crippen LogP contribution in [0.3, 0.4) is 0 Å². The van der Waals surface area contributed by atoms with Gasteiger partial charge in [0.25, 0.3) is 5.91 Å². The van der Waals surface area contributed by atoms with E-state index in [0.29, 0.717) is 5.56 Å². The molecule has 1 atom stereocenters. The Balaban J connectivity index is 2.00. The van der Waals surface area contributed by atoms with Crippen molar-refractivity contribution < 1.29 is 9.21 Å². The topological polar surface area (TPSA) is 55.1 Å². The number of rotatable bonds is 5. The Morgan fingerprint density at radius 1 is 1.53 bits per heavy atom. The van der Waals surface area contributed by atoms with Crippen LogP contribution in [0.4, 0.5) is 0 Å². The van der Waals surface area contributed by atoms with E-state index < -0.39 is 0 Å². The van der Waals surface area contributed by atoms with E-state index in [2.05, 4.69) is 10.3 Å². The highest BCUT2D eigenvalue weighted by Gasteiger charge is 2.14. The van der Waals surface area contributed by atoms with E-state index in [1.807, 2.05) is 19.2 Å². The van der Waals surface area contributed by atoms with Crippen molar-refractivity contribution in [3.05, 3.63) is 48.0 Å². The van der Waals surface area contributed by atoms with Crippen LogP contribution in [0.2, 0.25) is 0 Å². The summed E-state index contributed by atoms with van der Waals surface area (Å²) in [7, 11) is 0. The molecule has 1 unspecified atom stereocenters. The van der Waals surface area contributed by atoms with Gasteiger partial charge in [-0.25, -0.2) is 4.98 Å². The normalized spacial score (nSPS) is 12.1. The molecule has 0 aromatic carbocycles. The van der Waals surface area contributed by atoms with E-state index >= 15 is 0 Å². The van der Waals surface area contributed by atoms with Gasteiger partial charge in [0.2, 0.25) is 0 Å². The maximum absolute atomic E-state index is 12.2. The van der Waals surface area contributed by atoms with Crippen molar-refractivity contribution in [1.29, 1.82) is 0 Å². The number of hydrogen-bond acceptors (Lipinski definition) is 4. The molecule has 4 nitrogen and oxygen atoms in total. The summed E-state index contributed by atoms with van der Waals surface area (Å²) in [6.45, 7) is 1.97. The fraction of sp³-hybridized carbons (Fsp3) is 0.286. The Kier molecular flexibility index (Phi) is 4.63.